The van der Waals surface area contributed by atoms with Crippen LogP contribution >= 0.6 is 0 Å². The van der Waals surface area contributed by atoms with Gasteiger partial charge in [0.2, 0.25) is 0 Å². The van der Waals surface area contributed by atoms with Crippen LogP contribution < -0.4 is 15.0 Å². The van der Waals surface area contributed by atoms with Crippen molar-refractivity contribution in [2.75, 3.05) is 38.2 Å². The molecule has 5 rings (SSSR count). The lowest BCUT2D eigenvalue weighted by Gasteiger charge is -2.40. The second kappa shape index (κ2) is 10.6. The van der Waals surface area contributed by atoms with Crippen LogP contribution in [0.2, 0.25) is 0 Å². The van der Waals surface area contributed by atoms with Crippen molar-refractivity contribution in [3.8, 4) is 5.75 Å². The van der Waals surface area contributed by atoms with Gasteiger partial charge in [0.25, 0.3) is 5.91 Å². The van der Waals surface area contributed by atoms with Crippen molar-refractivity contribution in [3.63, 3.8) is 0 Å². The van der Waals surface area contributed by atoms with Crippen molar-refractivity contribution in [2.24, 2.45) is 0 Å². The second-order valence-electron chi connectivity index (χ2n) is 9.47. The molecule has 0 radical (unpaired) electrons. The third-order valence-corrected chi connectivity index (χ3v) is 7.22. The van der Waals surface area contributed by atoms with E-state index in [1.165, 1.54) is 0 Å². The molecule has 1 aliphatic carbocycles. The molecule has 0 saturated carbocycles. The number of hydrogen-bond donors (Lipinski definition) is 1. The molecule has 1 heterocycles. The highest BCUT2D eigenvalue weighted by molar-refractivity contribution is 6.28. The predicted molar refractivity (Wildman–Crippen MR) is 143 cm³/mol. The number of ether oxygens (including phenoxy) is 1. The number of rotatable bonds is 7. The number of methoxy groups -OCH3 is 1. The van der Waals surface area contributed by atoms with Crippen molar-refractivity contribution >= 4 is 23.2 Å². The molecule has 7 heteroatoms. The zero-order valence-electron chi connectivity index (χ0n) is 21.2. The standard InChI is InChI=1S/C30H31N3O4/c1-3-7-27(33-16-14-32(15-17-33)21-8-6-9-22(19-21)37-2)31-30(36)20-12-13-25-26(18-20)29(35)24-11-5-4-10-23(24)28(25)34/h4-6,8-13,18-19,27H,3,7,14-17H2,1-2H3,(H,31,36). The van der Waals surface area contributed by atoms with Crippen LogP contribution in [0.5, 0.6) is 5.75 Å². The molecule has 3 aromatic carbocycles. The third-order valence-electron chi connectivity index (χ3n) is 7.22. The normalized spacial score (nSPS) is 16.1. The molecule has 1 fully saturated rings. The predicted octanol–water partition coefficient (Wildman–Crippen LogP) is 4.15. The zero-order chi connectivity index (χ0) is 25.9. The van der Waals surface area contributed by atoms with E-state index in [1.807, 2.05) is 18.2 Å². The Bertz CT molecular complexity index is 1340. The summed E-state index contributed by atoms with van der Waals surface area (Å²) < 4.78 is 5.36. The van der Waals surface area contributed by atoms with Crippen molar-refractivity contribution in [1.29, 1.82) is 0 Å². The van der Waals surface area contributed by atoms with Crippen LogP contribution in [-0.2, 0) is 0 Å². The molecular weight excluding hydrogens is 466 g/mol. The number of anilines is 1. The molecule has 0 aromatic heterocycles. The van der Waals surface area contributed by atoms with E-state index in [9.17, 15) is 14.4 Å². The maximum Gasteiger partial charge on any atom is 0.252 e. The topological polar surface area (TPSA) is 79.0 Å². The lowest BCUT2D eigenvalue weighted by Crippen LogP contribution is -2.56. The van der Waals surface area contributed by atoms with Crippen LogP contribution in [0.25, 0.3) is 0 Å². The Labute approximate surface area is 217 Å². The minimum absolute atomic E-state index is 0.112. The molecule has 1 amide bonds. The van der Waals surface area contributed by atoms with Gasteiger partial charge in [-0.1, -0.05) is 43.7 Å². The summed E-state index contributed by atoms with van der Waals surface area (Å²) in [5.41, 5.74) is 2.94. The van der Waals surface area contributed by atoms with E-state index >= 15 is 0 Å². The molecule has 1 atom stereocenters. The smallest absolute Gasteiger partial charge is 0.252 e. The number of fused-ring (bicyclic) bond motifs is 2. The molecule has 1 unspecified atom stereocenters. The van der Waals surface area contributed by atoms with E-state index in [4.69, 9.17) is 4.74 Å². The van der Waals surface area contributed by atoms with Crippen LogP contribution in [0.4, 0.5) is 5.69 Å². The van der Waals surface area contributed by atoms with Gasteiger partial charge in [-0.05, 0) is 36.8 Å². The summed E-state index contributed by atoms with van der Waals surface area (Å²) in [5.74, 6) is 0.189. The van der Waals surface area contributed by atoms with Crippen LogP contribution in [0.1, 0.15) is 62.0 Å². The molecule has 1 N–H and O–H groups in total. The SMILES string of the molecule is CCCC(NC(=O)c1ccc2c(c1)C(=O)c1ccccc1C2=O)N1CCN(c2cccc(OC)c2)CC1. The number of piperazine rings is 1. The number of amides is 1. The average molecular weight is 498 g/mol. The number of ketones is 2. The van der Waals surface area contributed by atoms with Gasteiger partial charge in [0.05, 0.1) is 13.3 Å². The highest BCUT2D eigenvalue weighted by atomic mass is 16.5. The molecule has 3 aromatic rings. The number of benzene rings is 3. The van der Waals surface area contributed by atoms with Crippen LogP contribution in [0, 0.1) is 0 Å². The summed E-state index contributed by atoms with van der Waals surface area (Å²) in [6.07, 6.45) is 1.63. The summed E-state index contributed by atoms with van der Waals surface area (Å²) in [6, 6.07) is 19.7. The molecular formula is C30H31N3O4. The summed E-state index contributed by atoms with van der Waals surface area (Å²) in [6.45, 7) is 5.43. The van der Waals surface area contributed by atoms with Crippen LogP contribution in [0.3, 0.4) is 0 Å². The second-order valence-corrected chi connectivity index (χ2v) is 9.47. The first kappa shape index (κ1) is 24.7. The largest absolute Gasteiger partial charge is 0.497 e. The first-order valence-electron chi connectivity index (χ1n) is 12.8. The van der Waals surface area contributed by atoms with Crippen molar-refractivity contribution in [1.82, 2.24) is 10.2 Å². The minimum atomic E-state index is -0.240. The van der Waals surface area contributed by atoms with Gasteiger partial charge in [0, 0.05) is 65.8 Å². The van der Waals surface area contributed by atoms with Crippen LogP contribution in [0.15, 0.2) is 66.7 Å². The Morgan fingerprint density at radius 3 is 2.22 bits per heavy atom. The van der Waals surface area contributed by atoms with E-state index in [0.717, 1.165) is 50.5 Å². The number of carbonyl (C=O) groups excluding carboxylic acids is 3. The number of nitrogens with one attached hydrogen (secondary N) is 1. The molecule has 37 heavy (non-hydrogen) atoms. The van der Waals surface area contributed by atoms with Gasteiger partial charge in [-0.3, -0.25) is 19.3 Å². The maximum absolute atomic E-state index is 13.3. The first-order valence-corrected chi connectivity index (χ1v) is 12.8. The Morgan fingerprint density at radius 2 is 1.54 bits per heavy atom. The van der Waals surface area contributed by atoms with E-state index in [0.29, 0.717) is 22.3 Å². The average Bonchev–Trinajstić information content (AvgIpc) is 2.95. The number of hydrogen-bond acceptors (Lipinski definition) is 6. The van der Waals surface area contributed by atoms with E-state index < -0.39 is 0 Å². The highest BCUT2D eigenvalue weighted by Gasteiger charge is 2.31. The Kier molecular flexibility index (Phi) is 7.06. The molecule has 190 valence electrons. The minimum Gasteiger partial charge on any atom is -0.497 e. The Balaban J connectivity index is 1.28. The van der Waals surface area contributed by atoms with Crippen molar-refractivity contribution in [3.05, 3.63) is 94.5 Å². The lowest BCUT2D eigenvalue weighted by atomic mass is 9.83. The summed E-state index contributed by atoms with van der Waals surface area (Å²) >= 11 is 0. The van der Waals surface area contributed by atoms with Gasteiger partial charge < -0.3 is 15.0 Å². The van der Waals surface area contributed by atoms with E-state index in [-0.39, 0.29) is 29.2 Å². The fourth-order valence-electron chi connectivity index (χ4n) is 5.19. The molecule has 7 nitrogen and oxygen atoms in total. The summed E-state index contributed by atoms with van der Waals surface area (Å²) in [7, 11) is 1.67. The fraction of sp³-hybridized carbons (Fsp3) is 0.300. The van der Waals surface area contributed by atoms with Gasteiger partial charge in [0.1, 0.15) is 5.75 Å². The summed E-state index contributed by atoms with van der Waals surface area (Å²) in [4.78, 5) is 43.9. The lowest BCUT2D eigenvalue weighted by molar-refractivity contribution is 0.0823. The monoisotopic (exact) mass is 497 g/mol. The molecule has 1 saturated heterocycles. The summed E-state index contributed by atoms with van der Waals surface area (Å²) in [5, 5.41) is 3.18. The number of nitrogens with zero attached hydrogens (tertiary/aromatic N) is 2. The molecule has 0 spiro atoms. The maximum atomic E-state index is 13.3. The third kappa shape index (κ3) is 4.87. The fourth-order valence-corrected chi connectivity index (χ4v) is 5.19. The van der Waals surface area contributed by atoms with Gasteiger partial charge in [-0.2, -0.15) is 0 Å². The van der Waals surface area contributed by atoms with Gasteiger partial charge in [0.15, 0.2) is 11.6 Å². The molecule has 1 aliphatic heterocycles. The van der Waals surface area contributed by atoms with Crippen LogP contribution in [-0.4, -0.2) is 61.8 Å². The first-order chi connectivity index (χ1) is 18.0. The Morgan fingerprint density at radius 1 is 0.865 bits per heavy atom. The quantitative estimate of drug-likeness (QED) is 0.413. The van der Waals surface area contributed by atoms with Gasteiger partial charge in [-0.25, -0.2) is 0 Å². The molecule has 0 bridgehead atoms. The van der Waals surface area contributed by atoms with E-state index in [2.05, 4.69) is 28.1 Å². The van der Waals surface area contributed by atoms with Gasteiger partial charge in [-0.15, -0.1) is 0 Å². The number of carbonyl (C=O) groups is 3. The van der Waals surface area contributed by atoms with Gasteiger partial charge >= 0.3 is 0 Å². The van der Waals surface area contributed by atoms with Crippen molar-refractivity contribution in [2.45, 2.75) is 25.9 Å². The van der Waals surface area contributed by atoms with E-state index in [1.54, 1.807) is 49.6 Å². The van der Waals surface area contributed by atoms with Crippen molar-refractivity contribution < 1.29 is 19.1 Å². The highest BCUT2D eigenvalue weighted by Crippen LogP contribution is 2.28. The zero-order valence-corrected chi connectivity index (χ0v) is 21.2. The Hall–Kier alpha value is -3.97. The molecule has 2 aliphatic rings.